The zero-order chi connectivity index (χ0) is 45.8. The molecule has 4 aliphatic heterocycles. The zero-order valence-corrected chi connectivity index (χ0v) is 38.7. The number of aryl methyl sites for hydroxylation is 4. The number of H-pyrrole nitrogens is 1. The SMILES string of the molecule is CC1=CC(C)=NC2NC([C@@H]3CCCCN3)=NC12.Cc1ccc(NS(C)(=O)=O)c(C(=O)N2CCCC[C@H]2c2nc3nc(C)cc(C)c3[nH]2)c1.Cc1ccc(NS(C)(=O)=O)c(C(=O)O)c1. The van der Waals surface area contributed by atoms with Crippen LogP contribution < -0.4 is 20.1 Å². The van der Waals surface area contributed by atoms with Crippen molar-refractivity contribution in [2.75, 3.05) is 35.0 Å². The number of pyridine rings is 1. The lowest BCUT2D eigenvalue weighted by Gasteiger charge is -2.35. The Kier molecular flexibility index (Phi) is 14.4. The minimum Gasteiger partial charge on any atom is -0.478 e. The predicted molar refractivity (Wildman–Crippen MR) is 248 cm³/mol. The third-order valence-electron chi connectivity index (χ3n) is 11.0. The van der Waals surface area contributed by atoms with Crippen LogP contribution in [0.3, 0.4) is 0 Å². The van der Waals surface area contributed by atoms with E-state index in [0.717, 1.165) is 83.6 Å². The van der Waals surface area contributed by atoms with E-state index in [4.69, 9.17) is 15.1 Å². The Morgan fingerprint density at radius 3 is 2.05 bits per heavy atom. The van der Waals surface area contributed by atoms with Crippen LogP contribution >= 0.6 is 0 Å². The molecule has 0 spiro atoms. The number of nitrogens with zero attached hydrogens (tertiary/aromatic N) is 5. The van der Waals surface area contributed by atoms with Crippen LogP contribution in [0.4, 0.5) is 11.4 Å². The summed E-state index contributed by atoms with van der Waals surface area (Å²) in [6.07, 6.45) is 10.8. The second-order valence-corrected chi connectivity index (χ2v) is 20.3. The van der Waals surface area contributed by atoms with Crippen molar-refractivity contribution in [2.24, 2.45) is 9.98 Å². The molecule has 17 nitrogen and oxygen atoms in total. The van der Waals surface area contributed by atoms with Crippen molar-refractivity contribution in [1.82, 2.24) is 30.5 Å². The highest BCUT2D eigenvalue weighted by Crippen LogP contribution is 2.34. The van der Waals surface area contributed by atoms with E-state index in [1.54, 1.807) is 36.1 Å². The minimum absolute atomic E-state index is 0.0552. The maximum Gasteiger partial charge on any atom is 0.337 e. The fraction of sp³-hybridized carbons (Fsp3) is 0.455. The Hall–Kier alpha value is -5.66. The molecular formula is C44H58N10O7S2. The number of fused-ring (bicyclic) bond motifs is 2. The number of aromatic nitrogens is 3. The summed E-state index contributed by atoms with van der Waals surface area (Å²) in [5.41, 5.74) is 8.22. The Balaban J connectivity index is 0.000000174. The number of rotatable bonds is 8. The van der Waals surface area contributed by atoms with Crippen LogP contribution in [0.1, 0.15) is 107 Å². The van der Waals surface area contributed by atoms with E-state index in [9.17, 15) is 26.4 Å². The lowest BCUT2D eigenvalue weighted by molar-refractivity contribution is 0.0601. The minimum atomic E-state index is -3.52. The van der Waals surface area contributed by atoms with Crippen molar-refractivity contribution >= 4 is 66.0 Å². The molecule has 2 unspecified atom stereocenters. The summed E-state index contributed by atoms with van der Waals surface area (Å²) in [5, 5.41) is 15.9. The molecule has 63 heavy (non-hydrogen) atoms. The van der Waals surface area contributed by atoms with Crippen molar-refractivity contribution < 1.29 is 31.5 Å². The number of piperidine rings is 2. The van der Waals surface area contributed by atoms with Gasteiger partial charge in [-0.3, -0.25) is 24.2 Å². The number of likely N-dealkylation sites (tertiary alicyclic amines) is 1. The van der Waals surface area contributed by atoms with E-state index in [1.165, 1.54) is 37.0 Å². The van der Waals surface area contributed by atoms with Gasteiger partial charge in [-0.1, -0.05) is 29.7 Å². The molecule has 4 aromatic rings. The number of nitrogens with one attached hydrogen (secondary N) is 5. The smallest absolute Gasteiger partial charge is 0.337 e. The molecule has 6 N–H and O–H groups in total. The predicted octanol–water partition coefficient (Wildman–Crippen LogP) is 5.93. The average molecular weight is 903 g/mol. The summed E-state index contributed by atoms with van der Waals surface area (Å²) in [5.74, 6) is 0.464. The number of imidazole rings is 1. The number of aromatic carboxylic acids is 1. The molecule has 1 amide bonds. The lowest BCUT2D eigenvalue weighted by Crippen LogP contribution is -2.47. The molecule has 2 aromatic heterocycles. The van der Waals surface area contributed by atoms with Crippen LogP contribution in [0.25, 0.3) is 11.2 Å². The number of benzene rings is 2. The van der Waals surface area contributed by atoms with Gasteiger partial charge >= 0.3 is 5.97 Å². The first-order valence-corrected chi connectivity index (χ1v) is 24.8. The van der Waals surface area contributed by atoms with E-state index in [-0.39, 0.29) is 35.4 Å². The van der Waals surface area contributed by atoms with Gasteiger partial charge in [-0.15, -0.1) is 0 Å². The number of carboxylic acids is 1. The van der Waals surface area contributed by atoms with E-state index >= 15 is 0 Å². The van der Waals surface area contributed by atoms with Gasteiger partial charge in [-0.05, 0) is 128 Å². The molecule has 0 saturated carbocycles. The molecule has 0 radical (unpaired) electrons. The first-order chi connectivity index (χ1) is 29.7. The van der Waals surface area contributed by atoms with E-state index in [1.807, 2.05) is 26.8 Å². The van der Waals surface area contributed by atoms with Gasteiger partial charge in [0.05, 0.1) is 52.6 Å². The number of aliphatic imine (C=N–C) groups is 2. The molecule has 8 rings (SSSR count). The molecular weight excluding hydrogens is 845 g/mol. The van der Waals surface area contributed by atoms with Gasteiger partial charge < -0.3 is 25.6 Å². The molecule has 6 heterocycles. The molecule has 2 fully saturated rings. The van der Waals surface area contributed by atoms with Gasteiger partial charge in [0.2, 0.25) is 20.0 Å². The van der Waals surface area contributed by atoms with Gasteiger partial charge in [0.15, 0.2) is 5.65 Å². The highest BCUT2D eigenvalue weighted by Gasteiger charge is 2.35. The van der Waals surface area contributed by atoms with Crippen LogP contribution in [0.2, 0.25) is 0 Å². The van der Waals surface area contributed by atoms with Crippen LogP contribution in [0.15, 0.2) is 64.1 Å². The van der Waals surface area contributed by atoms with Gasteiger partial charge in [-0.25, -0.2) is 31.6 Å². The Morgan fingerprint density at radius 1 is 0.794 bits per heavy atom. The van der Waals surface area contributed by atoms with E-state index in [0.29, 0.717) is 29.5 Å². The number of sulfonamides is 2. The standard InChI is InChI=1S/C22H27N5O3S.C13H20N4.C9H11NO4S/c1-13-8-9-17(26-31(4,29)30)16(11-13)22(28)27-10-6-5-7-18(27)20-24-19-14(2)12-15(3)23-21(19)25-20;1-8-7-9(2)15-13-11(8)16-12(17-13)10-5-3-4-6-14-10;1-6-3-4-8(10-15(2,13)14)7(5-6)9(11)12/h8-9,11-12,18,26H,5-7,10H2,1-4H3,(H,23,24,25);7,10-11,13-14H,3-6H2,1-2H3,(H,16,17);3-5,10H,1-2H3,(H,11,12)/t18-;10-,11?,13?;/m00./s1. The molecule has 4 atom stereocenters. The largest absolute Gasteiger partial charge is 0.478 e. The zero-order valence-electron chi connectivity index (χ0n) is 37.0. The molecule has 2 aromatic carbocycles. The van der Waals surface area contributed by atoms with Gasteiger partial charge in [0.1, 0.15) is 23.9 Å². The highest BCUT2D eigenvalue weighted by atomic mass is 32.2. The summed E-state index contributed by atoms with van der Waals surface area (Å²) in [6.45, 7) is 13.5. The number of carboxylic acid groups (broad SMARTS) is 1. The number of carbonyl (C=O) groups excluding carboxylic acids is 1. The summed E-state index contributed by atoms with van der Waals surface area (Å²) < 4.78 is 50.2. The van der Waals surface area contributed by atoms with Crippen molar-refractivity contribution in [2.45, 2.75) is 104 Å². The number of carbonyl (C=O) groups is 2. The number of hydrogen-bond acceptors (Lipinski definition) is 12. The molecule has 2 saturated heterocycles. The number of anilines is 2. The third kappa shape index (κ3) is 12.1. The number of allylic oxidation sites excluding steroid dienone is 1. The Labute approximate surface area is 369 Å². The summed E-state index contributed by atoms with van der Waals surface area (Å²) >= 11 is 0. The van der Waals surface area contributed by atoms with Crippen LogP contribution in [-0.4, -0.2) is 109 Å². The van der Waals surface area contributed by atoms with Gasteiger partial charge in [0.25, 0.3) is 5.91 Å². The number of aromatic amines is 1. The van der Waals surface area contributed by atoms with Gasteiger partial charge in [-0.2, -0.15) is 0 Å². The average Bonchev–Trinajstić information content (AvgIpc) is 3.84. The third-order valence-corrected chi connectivity index (χ3v) is 12.2. The maximum atomic E-state index is 13.6. The number of hydrogen-bond donors (Lipinski definition) is 6. The Morgan fingerprint density at radius 2 is 1.43 bits per heavy atom. The highest BCUT2D eigenvalue weighted by molar-refractivity contribution is 7.92. The molecule has 338 valence electrons. The quantitative estimate of drug-likeness (QED) is 0.121. The second-order valence-electron chi connectivity index (χ2n) is 16.8. The fourth-order valence-corrected chi connectivity index (χ4v) is 9.39. The van der Waals surface area contributed by atoms with Gasteiger partial charge in [0, 0.05) is 18.0 Å². The van der Waals surface area contributed by atoms with Crippen LogP contribution in [0.5, 0.6) is 0 Å². The van der Waals surface area contributed by atoms with Crippen molar-refractivity contribution in [1.29, 1.82) is 0 Å². The van der Waals surface area contributed by atoms with Crippen molar-refractivity contribution in [3.8, 4) is 0 Å². The molecule has 19 heteroatoms. The van der Waals surface area contributed by atoms with Crippen LogP contribution in [-0.2, 0) is 20.0 Å². The summed E-state index contributed by atoms with van der Waals surface area (Å²) in [6, 6.07) is 12.1. The monoisotopic (exact) mass is 902 g/mol. The van der Waals surface area contributed by atoms with Crippen molar-refractivity contribution in [3.05, 3.63) is 93.4 Å². The summed E-state index contributed by atoms with van der Waals surface area (Å²) in [4.78, 5) is 48.3. The number of amidine groups is 1. The first kappa shape index (κ1) is 46.8. The fourth-order valence-electron chi connectivity index (χ4n) is 8.23. The second kappa shape index (κ2) is 19.4. The lowest BCUT2D eigenvalue weighted by atomic mass is 9.99. The van der Waals surface area contributed by atoms with E-state index in [2.05, 4.69) is 55.0 Å². The normalized spacial score (nSPS) is 21.0. The first-order valence-electron chi connectivity index (χ1n) is 21.0. The van der Waals surface area contributed by atoms with Crippen molar-refractivity contribution in [3.63, 3.8) is 0 Å². The summed E-state index contributed by atoms with van der Waals surface area (Å²) in [7, 11) is -6.98. The molecule has 4 aliphatic rings. The Bertz CT molecular complexity index is 2710. The molecule has 0 aliphatic carbocycles. The topological polar surface area (TPSA) is 240 Å². The molecule has 0 bridgehead atoms. The maximum absolute atomic E-state index is 13.6. The van der Waals surface area contributed by atoms with E-state index < -0.39 is 26.0 Å². The number of amides is 1. The number of dihydropyridines is 1. The van der Waals surface area contributed by atoms with Crippen LogP contribution in [0, 0.1) is 27.7 Å².